The van der Waals surface area contributed by atoms with Crippen LogP contribution in [0.5, 0.6) is 0 Å². The lowest BCUT2D eigenvalue weighted by Gasteiger charge is -2.11. The van der Waals surface area contributed by atoms with Crippen LogP contribution in [0.3, 0.4) is 0 Å². The van der Waals surface area contributed by atoms with E-state index < -0.39 is 35.3 Å². The first-order valence-electron chi connectivity index (χ1n) is 3.42. The van der Waals surface area contributed by atoms with Crippen LogP contribution in [0, 0.1) is 5.92 Å². The average Bonchev–Trinajstić information content (AvgIpc) is 2.01. The summed E-state index contributed by atoms with van der Waals surface area (Å²) in [5.41, 5.74) is 0. The molecule has 0 aromatic carbocycles. The summed E-state index contributed by atoms with van der Waals surface area (Å²) in [6.07, 6.45) is -5.20. The summed E-state index contributed by atoms with van der Waals surface area (Å²) in [5, 5.41) is 0. The van der Waals surface area contributed by atoms with Crippen LogP contribution < -0.4 is 0 Å². The number of hydrogen-bond donors (Lipinski definition) is 0. The molecule has 0 rings (SSSR count). The molecule has 0 aliphatic carbocycles. The molecule has 0 aromatic rings. The quantitative estimate of drug-likeness (QED) is 0.537. The fraction of sp³-hybridized carbons (Fsp3) is 0.571. The van der Waals surface area contributed by atoms with Gasteiger partial charge in [0.2, 0.25) is 0 Å². The molecular formula is C7H6ClF3O3. The molecule has 0 aliphatic heterocycles. The molecule has 0 heterocycles. The minimum Gasteiger partial charge on any atom is -0.299 e. The molecule has 80 valence electrons. The molecule has 0 saturated heterocycles. The Labute approximate surface area is 82.2 Å². The van der Waals surface area contributed by atoms with Crippen LogP contribution in [0.1, 0.15) is 6.92 Å². The number of carbonyl (C=O) groups excluding carboxylic acids is 3. The molecule has 1 unspecified atom stereocenters. The van der Waals surface area contributed by atoms with Gasteiger partial charge in [0.05, 0.1) is 5.88 Å². The van der Waals surface area contributed by atoms with Crippen LogP contribution in [0.25, 0.3) is 0 Å². The van der Waals surface area contributed by atoms with Crippen LogP contribution in [-0.4, -0.2) is 29.4 Å². The van der Waals surface area contributed by atoms with Crippen molar-refractivity contribution in [1.82, 2.24) is 0 Å². The first-order chi connectivity index (χ1) is 6.21. The van der Waals surface area contributed by atoms with Crippen molar-refractivity contribution in [2.75, 3.05) is 5.88 Å². The van der Waals surface area contributed by atoms with Gasteiger partial charge in [-0.1, -0.05) is 0 Å². The van der Waals surface area contributed by atoms with Crippen molar-refractivity contribution in [3.05, 3.63) is 0 Å². The zero-order chi connectivity index (χ0) is 11.5. The summed E-state index contributed by atoms with van der Waals surface area (Å²) in [4.78, 5) is 32.0. The molecule has 0 amide bonds. The third-order valence-electron chi connectivity index (χ3n) is 1.40. The third-order valence-corrected chi connectivity index (χ3v) is 1.67. The van der Waals surface area contributed by atoms with Crippen molar-refractivity contribution >= 4 is 29.0 Å². The number of hydrogen-bond acceptors (Lipinski definition) is 3. The summed E-state index contributed by atoms with van der Waals surface area (Å²) in [7, 11) is 0. The predicted octanol–water partition coefficient (Wildman–Crippen LogP) is 1.13. The Balaban J connectivity index is 4.95. The maximum atomic E-state index is 11.9. The SMILES string of the molecule is CC(=O)C(C(=O)CCl)C(=O)C(F)(F)F. The van der Waals surface area contributed by atoms with Gasteiger partial charge in [0.15, 0.2) is 5.78 Å². The van der Waals surface area contributed by atoms with Crippen molar-refractivity contribution < 1.29 is 27.6 Å². The van der Waals surface area contributed by atoms with Gasteiger partial charge in [0, 0.05) is 0 Å². The minimum atomic E-state index is -5.20. The Kier molecular flexibility index (Phi) is 4.25. The lowest BCUT2D eigenvalue weighted by Crippen LogP contribution is -2.39. The number of rotatable bonds is 4. The van der Waals surface area contributed by atoms with Crippen molar-refractivity contribution in [2.45, 2.75) is 13.1 Å². The van der Waals surface area contributed by atoms with Gasteiger partial charge in [-0.3, -0.25) is 14.4 Å². The zero-order valence-corrected chi connectivity index (χ0v) is 7.78. The molecule has 0 spiro atoms. The summed E-state index contributed by atoms with van der Waals surface area (Å²) < 4.78 is 35.6. The van der Waals surface area contributed by atoms with E-state index in [4.69, 9.17) is 11.6 Å². The summed E-state index contributed by atoms with van der Waals surface area (Å²) in [6.45, 7) is 0.735. The summed E-state index contributed by atoms with van der Waals surface area (Å²) in [6, 6.07) is 0. The number of alkyl halides is 4. The van der Waals surface area contributed by atoms with Gasteiger partial charge in [-0.25, -0.2) is 0 Å². The molecule has 0 aromatic heterocycles. The van der Waals surface area contributed by atoms with Crippen LogP contribution in [-0.2, 0) is 14.4 Å². The fourth-order valence-corrected chi connectivity index (χ4v) is 0.953. The molecule has 1 atom stereocenters. The van der Waals surface area contributed by atoms with Gasteiger partial charge >= 0.3 is 6.18 Å². The minimum absolute atomic E-state index is 0.735. The monoisotopic (exact) mass is 230 g/mol. The highest BCUT2D eigenvalue weighted by Crippen LogP contribution is 2.22. The van der Waals surface area contributed by atoms with E-state index in [1.165, 1.54) is 0 Å². The lowest BCUT2D eigenvalue weighted by molar-refractivity contribution is -0.177. The Hall–Kier alpha value is -0.910. The molecule has 0 saturated carbocycles. The van der Waals surface area contributed by atoms with Crippen LogP contribution in [0.4, 0.5) is 13.2 Å². The smallest absolute Gasteiger partial charge is 0.299 e. The predicted molar refractivity (Wildman–Crippen MR) is 41.0 cm³/mol. The van der Waals surface area contributed by atoms with E-state index in [0.717, 1.165) is 6.92 Å². The molecule has 0 aliphatic rings. The van der Waals surface area contributed by atoms with E-state index >= 15 is 0 Å². The molecule has 0 radical (unpaired) electrons. The van der Waals surface area contributed by atoms with Crippen LogP contribution in [0.2, 0.25) is 0 Å². The van der Waals surface area contributed by atoms with E-state index in [9.17, 15) is 27.6 Å². The van der Waals surface area contributed by atoms with E-state index in [1.54, 1.807) is 0 Å². The highest BCUT2D eigenvalue weighted by molar-refractivity contribution is 6.33. The number of Topliss-reactive ketones (excluding diaryl/α,β-unsaturated/α-hetero) is 3. The van der Waals surface area contributed by atoms with E-state index in [1.807, 2.05) is 0 Å². The van der Waals surface area contributed by atoms with Crippen molar-refractivity contribution in [3.8, 4) is 0 Å². The Morgan fingerprint density at radius 3 is 1.93 bits per heavy atom. The zero-order valence-electron chi connectivity index (χ0n) is 7.02. The van der Waals surface area contributed by atoms with Crippen LogP contribution in [0.15, 0.2) is 0 Å². The Morgan fingerprint density at radius 1 is 1.29 bits per heavy atom. The van der Waals surface area contributed by atoms with E-state index in [0.29, 0.717) is 0 Å². The van der Waals surface area contributed by atoms with Gasteiger partial charge in [-0.2, -0.15) is 13.2 Å². The van der Waals surface area contributed by atoms with Crippen LogP contribution >= 0.6 is 11.6 Å². The molecule has 3 nitrogen and oxygen atoms in total. The highest BCUT2D eigenvalue weighted by atomic mass is 35.5. The molecular weight excluding hydrogens is 225 g/mol. The fourth-order valence-electron chi connectivity index (χ4n) is 0.798. The maximum absolute atomic E-state index is 11.9. The standard InChI is InChI=1S/C7H6ClF3O3/c1-3(12)5(4(13)2-8)6(14)7(9,10)11/h5H,2H2,1H3. The van der Waals surface area contributed by atoms with Gasteiger partial charge in [-0.15, -0.1) is 11.6 Å². The van der Waals surface area contributed by atoms with Crippen molar-refractivity contribution in [3.63, 3.8) is 0 Å². The average molecular weight is 231 g/mol. The number of halogens is 4. The normalized spacial score (nSPS) is 13.5. The Bertz CT molecular complexity index is 272. The van der Waals surface area contributed by atoms with Gasteiger partial charge in [0.1, 0.15) is 11.7 Å². The third kappa shape index (κ3) is 3.10. The van der Waals surface area contributed by atoms with Gasteiger partial charge in [0.25, 0.3) is 5.78 Å². The highest BCUT2D eigenvalue weighted by Gasteiger charge is 2.47. The molecule has 0 N–H and O–H groups in total. The first kappa shape index (κ1) is 13.1. The van der Waals surface area contributed by atoms with Gasteiger partial charge in [-0.05, 0) is 6.92 Å². The molecule has 7 heteroatoms. The van der Waals surface area contributed by atoms with E-state index in [-0.39, 0.29) is 0 Å². The van der Waals surface area contributed by atoms with Crippen molar-refractivity contribution in [1.29, 1.82) is 0 Å². The number of carbonyl (C=O) groups is 3. The topological polar surface area (TPSA) is 51.2 Å². The summed E-state index contributed by atoms with van der Waals surface area (Å²) in [5.74, 6) is -7.87. The summed E-state index contributed by atoms with van der Waals surface area (Å²) >= 11 is 4.96. The second-order valence-electron chi connectivity index (χ2n) is 2.51. The van der Waals surface area contributed by atoms with Gasteiger partial charge < -0.3 is 0 Å². The first-order valence-corrected chi connectivity index (χ1v) is 3.95. The number of ketones is 3. The maximum Gasteiger partial charge on any atom is 0.451 e. The molecule has 14 heavy (non-hydrogen) atoms. The van der Waals surface area contributed by atoms with Crippen molar-refractivity contribution in [2.24, 2.45) is 5.92 Å². The second kappa shape index (κ2) is 4.54. The second-order valence-corrected chi connectivity index (χ2v) is 2.77. The molecule has 0 fully saturated rings. The van der Waals surface area contributed by atoms with E-state index in [2.05, 4.69) is 0 Å². The molecule has 0 bridgehead atoms. The lowest BCUT2D eigenvalue weighted by atomic mass is 9.95. The Morgan fingerprint density at radius 2 is 1.71 bits per heavy atom. The largest absolute Gasteiger partial charge is 0.451 e.